The third-order valence-electron chi connectivity index (χ3n) is 4.08. The van der Waals surface area contributed by atoms with E-state index in [1.807, 2.05) is 19.4 Å². The summed E-state index contributed by atoms with van der Waals surface area (Å²) in [4.78, 5) is 4.50. The summed E-state index contributed by atoms with van der Waals surface area (Å²) in [6.07, 6.45) is 5.87. The molecule has 0 radical (unpaired) electrons. The highest BCUT2D eigenvalue weighted by atomic mass is 79.9. The smallest absolute Gasteiger partial charge is 0.0829 e. The largest absolute Gasteiger partial charge is 0.377 e. The minimum atomic E-state index is -0.121. The molecular formula is C16H27BrN2O. The Morgan fingerprint density at radius 2 is 2.00 bits per heavy atom. The van der Waals surface area contributed by atoms with Crippen LogP contribution in [0.25, 0.3) is 0 Å². The lowest BCUT2D eigenvalue weighted by atomic mass is 9.85. The normalized spacial score (nSPS) is 13.4. The predicted molar refractivity (Wildman–Crippen MR) is 88.0 cm³/mol. The Morgan fingerprint density at radius 3 is 2.45 bits per heavy atom. The fourth-order valence-electron chi connectivity index (χ4n) is 2.67. The number of nitrogens with zero attached hydrogens (tertiary/aromatic N) is 1. The molecule has 4 heteroatoms. The second-order valence-corrected chi connectivity index (χ2v) is 6.07. The van der Waals surface area contributed by atoms with Gasteiger partial charge in [0.25, 0.3) is 0 Å². The van der Waals surface area contributed by atoms with Crippen LogP contribution in [0.5, 0.6) is 0 Å². The van der Waals surface area contributed by atoms with Crippen molar-refractivity contribution in [3.05, 3.63) is 28.5 Å². The Kier molecular flexibility index (Phi) is 7.70. The molecule has 0 aromatic carbocycles. The number of hydrogen-bond donors (Lipinski definition) is 1. The molecule has 0 bridgehead atoms. The summed E-state index contributed by atoms with van der Waals surface area (Å²) in [6.45, 7) is 7.59. The number of rotatable bonds is 9. The van der Waals surface area contributed by atoms with Crippen molar-refractivity contribution in [1.29, 1.82) is 0 Å². The van der Waals surface area contributed by atoms with Crippen molar-refractivity contribution in [3.63, 3.8) is 0 Å². The first-order valence-electron chi connectivity index (χ1n) is 7.50. The van der Waals surface area contributed by atoms with Gasteiger partial charge in [-0.25, -0.2) is 0 Å². The molecule has 1 atom stereocenters. The molecule has 0 spiro atoms. The number of methoxy groups -OCH3 is 1. The van der Waals surface area contributed by atoms with Crippen molar-refractivity contribution in [2.45, 2.75) is 58.1 Å². The van der Waals surface area contributed by atoms with Crippen molar-refractivity contribution in [2.75, 3.05) is 13.7 Å². The quantitative estimate of drug-likeness (QED) is 0.737. The number of aromatic nitrogens is 1. The molecule has 1 rings (SSSR count). The van der Waals surface area contributed by atoms with Gasteiger partial charge in [0.05, 0.1) is 5.60 Å². The highest BCUT2D eigenvalue weighted by molar-refractivity contribution is 9.10. The van der Waals surface area contributed by atoms with Crippen molar-refractivity contribution in [2.24, 2.45) is 0 Å². The molecular weight excluding hydrogens is 316 g/mol. The van der Waals surface area contributed by atoms with Gasteiger partial charge >= 0.3 is 0 Å². The molecule has 0 saturated carbocycles. The van der Waals surface area contributed by atoms with Crippen LogP contribution in [0.3, 0.4) is 0 Å². The van der Waals surface area contributed by atoms with Gasteiger partial charge in [-0.1, -0.05) is 20.8 Å². The van der Waals surface area contributed by atoms with E-state index >= 15 is 0 Å². The minimum Gasteiger partial charge on any atom is -0.377 e. The van der Waals surface area contributed by atoms with Crippen LogP contribution in [0.1, 0.15) is 45.7 Å². The van der Waals surface area contributed by atoms with E-state index in [1.54, 1.807) is 0 Å². The van der Waals surface area contributed by atoms with Crippen LogP contribution >= 0.6 is 15.9 Å². The molecule has 114 valence electrons. The average Bonchev–Trinajstić information content (AvgIpc) is 2.49. The van der Waals surface area contributed by atoms with Crippen LogP contribution < -0.4 is 5.32 Å². The fraction of sp³-hybridized carbons (Fsp3) is 0.688. The number of nitrogens with one attached hydrogen (secondary N) is 1. The Morgan fingerprint density at radius 1 is 1.30 bits per heavy atom. The molecule has 1 heterocycles. The Labute approximate surface area is 131 Å². The van der Waals surface area contributed by atoms with E-state index in [4.69, 9.17) is 4.74 Å². The van der Waals surface area contributed by atoms with Gasteiger partial charge in [-0.3, -0.25) is 4.98 Å². The van der Waals surface area contributed by atoms with Gasteiger partial charge < -0.3 is 10.1 Å². The standard InChI is InChI=1S/C16H27BrN2O/c1-5-10-18-15(16(6-2,7-3)20-4)11-14-9-8-13(17)12-19-14/h8-9,12,15,18H,5-7,10-11H2,1-4H3. The molecule has 0 aliphatic heterocycles. The van der Waals surface area contributed by atoms with Crippen LogP contribution in [-0.4, -0.2) is 30.3 Å². The van der Waals surface area contributed by atoms with Gasteiger partial charge in [-0.05, 0) is 53.9 Å². The van der Waals surface area contributed by atoms with Gasteiger partial charge in [0.15, 0.2) is 0 Å². The van der Waals surface area contributed by atoms with E-state index < -0.39 is 0 Å². The number of halogens is 1. The zero-order valence-corrected chi connectivity index (χ0v) is 14.7. The maximum atomic E-state index is 5.89. The third kappa shape index (κ3) is 4.54. The topological polar surface area (TPSA) is 34.2 Å². The predicted octanol–water partition coefficient (Wildman–Crippen LogP) is 3.96. The Hall–Kier alpha value is -0.450. The molecule has 0 aliphatic rings. The van der Waals surface area contributed by atoms with E-state index in [2.05, 4.69) is 53.1 Å². The molecule has 0 aliphatic carbocycles. The Balaban J connectivity index is 2.90. The summed E-state index contributed by atoms with van der Waals surface area (Å²) in [6, 6.07) is 4.42. The molecule has 0 amide bonds. The van der Waals surface area contributed by atoms with Crippen molar-refractivity contribution in [3.8, 4) is 0 Å². The van der Waals surface area contributed by atoms with Crippen LogP contribution in [-0.2, 0) is 11.2 Å². The zero-order valence-electron chi connectivity index (χ0n) is 13.1. The first-order valence-corrected chi connectivity index (χ1v) is 8.30. The van der Waals surface area contributed by atoms with E-state index in [1.165, 1.54) is 0 Å². The first-order chi connectivity index (χ1) is 9.61. The van der Waals surface area contributed by atoms with Crippen LogP contribution in [0.4, 0.5) is 0 Å². The highest BCUT2D eigenvalue weighted by Gasteiger charge is 2.35. The maximum absolute atomic E-state index is 5.89. The summed E-state index contributed by atoms with van der Waals surface area (Å²) in [5.41, 5.74) is 0.981. The molecule has 20 heavy (non-hydrogen) atoms. The lowest BCUT2D eigenvalue weighted by molar-refractivity contribution is -0.0473. The summed E-state index contributed by atoms with van der Waals surface area (Å²) < 4.78 is 6.91. The average molecular weight is 343 g/mol. The van der Waals surface area contributed by atoms with Gasteiger partial charge in [0, 0.05) is 35.9 Å². The van der Waals surface area contributed by atoms with Crippen molar-refractivity contribution in [1.82, 2.24) is 10.3 Å². The van der Waals surface area contributed by atoms with Gasteiger partial charge in [0.1, 0.15) is 0 Å². The number of hydrogen-bond acceptors (Lipinski definition) is 3. The summed E-state index contributed by atoms with van der Waals surface area (Å²) in [7, 11) is 1.82. The van der Waals surface area contributed by atoms with E-state index in [0.29, 0.717) is 0 Å². The molecule has 1 unspecified atom stereocenters. The van der Waals surface area contributed by atoms with Crippen molar-refractivity contribution >= 4 is 15.9 Å². The number of pyridine rings is 1. The summed E-state index contributed by atoms with van der Waals surface area (Å²) in [5, 5.41) is 3.65. The highest BCUT2D eigenvalue weighted by Crippen LogP contribution is 2.26. The number of ether oxygens (including phenoxy) is 1. The lowest BCUT2D eigenvalue weighted by Crippen LogP contribution is -2.53. The van der Waals surface area contributed by atoms with Crippen LogP contribution in [0, 0.1) is 0 Å². The van der Waals surface area contributed by atoms with Crippen LogP contribution in [0.15, 0.2) is 22.8 Å². The second kappa shape index (κ2) is 8.75. The summed E-state index contributed by atoms with van der Waals surface area (Å²) >= 11 is 3.43. The summed E-state index contributed by atoms with van der Waals surface area (Å²) in [5.74, 6) is 0. The minimum absolute atomic E-state index is 0.121. The molecule has 1 aromatic heterocycles. The van der Waals surface area contributed by atoms with E-state index in [0.717, 1.165) is 42.4 Å². The second-order valence-electron chi connectivity index (χ2n) is 5.15. The lowest BCUT2D eigenvalue weighted by Gasteiger charge is -2.39. The van der Waals surface area contributed by atoms with Gasteiger partial charge in [-0.15, -0.1) is 0 Å². The van der Waals surface area contributed by atoms with Crippen LogP contribution in [0.2, 0.25) is 0 Å². The van der Waals surface area contributed by atoms with Gasteiger partial charge in [-0.2, -0.15) is 0 Å². The molecule has 0 fully saturated rings. The zero-order chi connectivity index (χ0) is 15.0. The SMILES string of the molecule is CCCNC(Cc1ccc(Br)cn1)C(CC)(CC)OC. The first kappa shape index (κ1) is 17.6. The van der Waals surface area contributed by atoms with E-state index in [-0.39, 0.29) is 11.6 Å². The third-order valence-corrected chi connectivity index (χ3v) is 4.55. The van der Waals surface area contributed by atoms with Gasteiger partial charge in [0.2, 0.25) is 0 Å². The Bertz CT molecular complexity index is 368. The maximum Gasteiger partial charge on any atom is 0.0829 e. The molecule has 1 N–H and O–H groups in total. The monoisotopic (exact) mass is 342 g/mol. The van der Waals surface area contributed by atoms with Crippen molar-refractivity contribution < 1.29 is 4.74 Å². The van der Waals surface area contributed by atoms with E-state index in [9.17, 15) is 0 Å². The molecule has 3 nitrogen and oxygen atoms in total. The fourth-order valence-corrected chi connectivity index (χ4v) is 2.91. The molecule has 1 aromatic rings. The molecule has 0 saturated heterocycles.